The first-order valence-electron chi connectivity index (χ1n) is 17.2. The molecule has 0 spiro atoms. The van der Waals surface area contributed by atoms with E-state index in [1.54, 1.807) is 0 Å². The minimum Gasteiger partial charge on any atom is -0.0616 e. The van der Waals surface area contributed by atoms with Gasteiger partial charge in [0, 0.05) is 5.41 Å². The SMILES string of the molecule is CC1(C)c2cc(-c3ccc4ccccc4c3)ccc2-c2c1cc(-c1ccc3cc(-c4ccc5ccccc5c4)ccc3c1)c1ccccc21. The van der Waals surface area contributed by atoms with E-state index in [0.717, 1.165) is 0 Å². The zero-order valence-electron chi connectivity index (χ0n) is 27.7. The van der Waals surface area contributed by atoms with E-state index in [1.165, 1.54) is 98.7 Å². The lowest BCUT2D eigenvalue weighted by Crippen LogP contribution is -2.15. The van der Waals surface area contributed by atoms with E-state index < -0.39 is 0 Å². The van der Waals surface area contributed by atoms with Crippen LogP contribution in [0, 0.1) is 0 Å². The summed E-state index contributed by atoms with van der Waals surface area (Å²) >= 11 is 0. The van der Waals surface area contributed by atoms with Gasteiger partial charge in [-0.15, -0.1) is 0 Å². The smallest absolute Gasteiger partial charge is 0.0159 e. The monoisotopic (exact) mass is 622 g/mol. The third-order valence-corrected chi connectivity index (χ3v) is 11.0. The van der Waals surface area contributed by atoms with E-state index in [2.05, 4.69) is 184 Å². The van der Waals surface area contributed by atoms with Crippen LogP contribution in [0.15, 0.2) is 170 Å². The van der Waals surface area contributed by atoms with Crippen molar-refractivity contribution in [1.29, 1.82) is 0 Å². The average molecular weight is 623 g/mol. The zero-order valence-corrected chi connectivity index (χ0v) is 27.7. The standard InChI is InChI=1S/C49H34/c1-49(2)46-29-40(38-18-16-32-10-4-6-12-34(32)26-38)23-24-44(46)48-43-14-8-7-13-42(43)45(30-47(48)49)41-22-21-37-27-36(19-20-39(37)28-41)35-17-15-31-9-3-5-11-33(31)25-35/h3-30H,1-2H3. The van der Waals surface area contributed by atoms with Crippen molar-refractivity contribution in [3.05, 3.63) is 181 Å². The van der Waals surface area contributed by atoms with Gasteiger partial charge in [-0.25, -0.2) is 0 Å². The van der Waals surface area contributed by atoms with Crippen molar-refractivity contribution in [3.63, 3.8) is 0 Å². The normalized spacial score (nSPS) is 13.3. The highest BCUT2D eigenvalue weighted by Gasteiger charge is 2.37. The zero-order chi connectivity index (χ0) is 32.7. The maximum absolute atomic E-state index is 2.48. The summed E-state index contributed by atoms with van der Waals surface area (Å²) in [6.07, 6.45) is 0. The first-order valence-corrected chi connectivity index (χ1v) is 17.2. The van der Waals surface area contributed by atoms with Crippen LogP contribution in [0.25, 0.3) is 87.6 Å². The lowest BCUT2D eigenvalue weighted by atomic mass is 9.80. The molecule has 0 N–H and O–H groups in total. The van der Waals surface area contributed by atoms with Gasteiger partial charge in [0.1, 0.15) is 0 Å². The van der Waals surface area contributed by atoms with E-state index in [9.17, 15) is 0 Å². The number of benzene rings is 9. The van der Waals surface area contributed by atoms with Gasteiger partial charge in [-0.1, -0.05) is 147 Å². The summed E-state index contributed by atoms with van der Waals surface area (Å²) in [5, 5.41) is 10.2. The van der Waals surface area contributed by atoms with Crippen molar-refractivity contribution in [2.45, 2.75) is 19.3 Å². The van der Waals surface area contributed by atoms with Crippen LogP contribution >= 0.6 is 0 Å². The Bertz CT molecular complexity index is 2800. The predicted octanol–water partition coefficient (Wildman–Crippen LogP) is 13.6. The Morgan fingerprint density at radius 2 is 0.735 bits per heavy atom. The first-order chi connectivity index (χ1) is 24.0. The molecule has 0 aromatic heterocycles. The topological polar surface area (TPSA) is 0 Å². The molecule has 0 aliphatic heterocycles. The Hall–Kier alpha value is -5.98. The first kappa shape index (κ1) is 28.1. The highest BCUT2D eigenvalue weighted by atomic mass is 14.4. The average Bonchev–Trinajstić information content (AvgIpc) is 3.39. The van der Waals surface area contributed by atoms with Crippen LogP contribution in [0.5, 0.6) is 0 Å². The summed E-state index contributed by atoms with van der Waals surface area (Å²) < 4.78 is 0. The van der Waals surface area contributed by atoms with Gasteiger partial charge in [-0.2, -0.15) is 0 Å². The van der Waals surface area contributed by atoms with Gasteiger partial charge in [0.2, 0.25) is 0 Å². The molecule has 9 aromatic rings. The molecule has 230 valence electrons. The molecule has 0 amide bonds. The fourth-order valence-electron chi connectivity index (χ4n) is 8.33. The number of fused-ring (bicyclic) bond motifs is 8. The van der Waals surface area contributed by atoms with Crippen molar-refractivity contribution in [1.82, 2.24) is 0 Å². The molecule has 0 heteroatoms. The number of rotatable bonds is 3. The van der Waals surface area contributed by atoms with Crippen molar-refractivity contribution in [2.24, 2.45) is 0 Å². The Labute approximate surface area is 286 Å². The van der Waals surface area contributed by atoms with Gasteiger partial charge in [-0.05, 0) is 135 Å². The maximum atomic E-state index is 2.48. The van der Waals surface area contributed by atoms with E-state index >= 15 is 0 Å². The van der Waals surface area contributed by atoms with Gasteiger partial charge < -0.3 is 0 Å². The quantitative estimate of drug-likeness (QED) is 0.184. The minimum atomic E-state index is -0.137. The lowest BCUT2D eigenvalue weighted by molar-refractivity contribution is 0.661. The second-order valence-electron chi connectivity index (χ2n) is 14.2. The highest BCUT2D eigenvalue weighted by Crippen LogP contribution is 2.54. The van der Waals surface area contributed by atoms with Crippen LogP contribution in [0.2, 0.25) is 0 Å². The van der Waals surface area contributed by atoms with Gasteiger partial charge >= 0.3 is 0 Å². The highest BCUT2D eigenvalue weighted by molar-refractivity contribution is 6.10. The molecule has 0 heterocycles. The number of hydrogen-bond acceptors (Lipinski definition) is 0. The third kappa shape index (κ3) is 4.38. The van der Waals surface area contributed by atoms with Crippen molar-refractivity contribution in [2.75, 3.05) is 0 Å². The molecule has 0 nitrogen and oxygen atoms in total. The Morgan fingerprint density at radius 3 is 1.35 bits per heavy atom. The molecule has 0 saturated carbocycles. The van der Waals surface area contributed by atoms with Gasteiger partial charge in [0.25, 0.3) is 0 Å². The Kier molecular flexibility index (Phi) is 6.02. The second kappa shape index (κ2) is 10.5. The van der Waals surface area contributed by atoms with Crippen molar-refractivity contribution >= 4 is 43.1 Å². The van der Waals surface area contributed by atoms with Gasteiger partial charge in [0.15, 0.2) is 0 Å². The van der Waals surface area contributed by atoms with E-state index in [1.807, 2.05) is 0 Å². The summed E-state index contributed by atoms with van der Waals surface area (Å²) in [6.45, 7) is 4.80. The van der Waals surface area contributed by atoms with Crippen molar-refractivity contribution in [3.8, 4) is 44.5 Å². The lowest BCUT2D eigenvalue weighted by Gasteiger charge is -2.23. The van der Waals surface area contributed by atoms with E-state index in [0.29, 0.717) is 0 Å². The van der Waals surface area contributed by atoms with Crippen LogP contribution in [0.3, 0.4) is 0 Å². The van der Waals surface area contributed by atoms with Gasteiger partial charge in [-0.3, -0.25) is 0 Å². The molecule has 1 aliphatic carbocycles. The molecular weight excluding hydrogens is 589 g/mol. The number of hydrogen-bond donors (Lipinski definition) is 0. The summed E-state index contributed by atoms with van der Waals surface area (Å²) in [7, 11) is 0. The summed E-state index contributed by atoms with van der Waals surface area (Å²) in [5.41, 5.74) is 13.0. The van der Waals surface area contributed by atoms with Crippen molar-refractivity contribution < 1.29 is 0 Å². The van der Waals surface area contributed by atoms with Crippen LogP contribution in [0.1, 0.15) is 25.0 Å². The molecule has 0 radical (unpaired) electrons. The minimum absolute atomic E-state index is 0.137. The summed E-state index contributed by atoms with van der Waals surface area (Å²) in [6, 6.07) is 63.2. The van der Waals surface area contributed by atoms with Crippen LogP contribution in [-0.2, 0) is 5.41 Å². The molecular formula is C49H34. The van der Waals surface area contributed by atoms with E-state index in [4.69, 9.17) is 0 Å². The van der Waals surface area contributed by atoms with Crippen LogP contribution < -0.4 is 0 Å². The Morgan fingerprint density at radius 1 is 0.306 bits per heavy atom. The Balaban J connectivity index is 1.08. The van der Waals surface area contributed by atoms with Crippen LogP contribution in [-0.4, -0.2) is 0 Å². The molecule has 49 heavy (non-hydrogen) atoms. The van der Waals surface area contributed by atoms with Crippen LogP contribution in [0.4, 0.5) is 0 Å². The molecule has 0 atom stereocenters. The molecule has 9 aromatic carbocycles. The molecule has 0 saturated heterocycles. The molecule has 0 bridgehead atoms. The third-order valence-electron chi connectivity index (χ3n) is 11.0. The fourth-order valence-corrected chi connectivity index (χ4v) is 8.33. The molecule has 1 aliphatic rings. The second-order valence-corrected chi connectivity index (χ2v) is 14.2. The van der Waals surface area contributed by atoms with Gasteiger partial charge in [0.05, 0.1) is 0 Å². The molecule has 0 unspecified atom stereocenters. The summed E-state index contributed by atoms with van der Waals surface area (Å²) in [4.78, 5) is 0. The molecule has 10 rings (SSSR count). The summed E-state index contributed by atoms with van der Waals surface area (Å²) in [5.74, 6) is 0. The maximum Gasteiger partial charge on any atom is 0.0159 e. The predicted molar refractivity (Wildman–Crippen MR) is 210 cm³/mol. The largest absolute Gasteiger partial charge is 0.0616 e. The van der Waals surface area contributed by atoms with E-state index in [-0.39, 0.29) is 5.41 Å². The molecule has 0 fully saturated rings. The fraction of sp³-hybridized carbons (Fsp3) is 0.0612.